The summed E-state index contributed by atoms with van der Waals surface area (Å²) < 4.78 is 1.24. The molecule has 0 radical (unpaired) electrons. The molecule has 0 atom stereocenters. The molecular weight excluding hydrogens is 394 g/mol. The van der Waals surface area contributed by atoms with E-state index in [1.807, 2.05) is 12.1 Å². The van der Waals surface area contributed by atoms with Crippen molar-refractivity contribution in [1.82, 2.24) is 20.4 Å². The molecule has 0 bridgehead atoms. The molecule has 5 rings (SSSR count). The fourth-order valence-corrected chi connectivity index (χ4v) is 5.21. The third-order valence-electron chi connectivity index (χ3n) is 5.66. The number of hydrogen-bond donors (Lipinski definition) is 3. The fourth-order valence-electron chi connectivity index (χ4n) is 4.12. The number of urea groups is 1. The van der Waals surface area contributed by atoms with Crippen LogP contribution in [0.25, 0.3) is 31.4 Å². The van der Waals surface area contributed by atoms with Crippen LogP contribution in [0.2, 0.25) is 0 Å². The van der Waals surface area contributed by atoms with Crippen molar-refractivity contribution < 1.29 is 4.79 Å². The van der Waals surface area contributed by atoms with Gasteiger partial charge in [-0.2, -0.15) is 5.10 Å². The number of nitrogens with one attached hydrogen (secondary N) is 3. The van der Waals surface area contributed by atoms with Gasteiger partial charge in [0.2, 0.25) is 0 Å². The standard InChI is InChI=1S/C23H25N5OS/c29-23(24-8-11-28-9-4-1-5-10-28)26-18-12-17-15-25-27-22(17)19(14-18)21-13-16-6-2-3-7-20(16)30-21/h2-3,6-7,12-15H,1,4-5,8-11H2,(H,25,27)(H2,24,26,29). The van der Waals surface area contributed by atoms with Crippen LogP contribution in [0.5, 0.6) is 0 Å². The Morgan fingerprint density at radius 3 is 2.83 bits per heavy atom. The van der Waals surface area contributed by atoms with Crippen LogP contribution in [-0.2, 0) is 0 Å². The molecule has 0 unspecified atom stereocenters. The van der Waals surface area contributed by atoms with E-state index in [0.717, 1.165) is 46.7 Å². The van der Waals surface area contributed by atoms with Gasteiger partial charge in [-0.25, -0.2) is 4.79 Å². The van der Waals surface area contributed by atoms with Crippen molar-refractivity contribution in [3.05, 3.63) is 48.7 Å². The number of amides is 2. The summed E-state index contributed by atoms with van der Waals surface area (Å²) in [5.41, 5.74) is 2.80. The lowest BCUT2D eigenvalue weighted by molar-refractivity contribution is 0.224. The molecule has 1 aliphatic heterocycles. The van der Waals surface area contributed by atoms with E-state index in [1.54, 1.807) is 17.5 Å². The number of rotatable bonds is 5. The molecule has 7 heteroatoms. The molecule has 2 aromatic carbocycles. The second-order valence-corrected chi connectivity index (χ2v) is 8.87. The molecule has 30 heavy (non-hydrogen) atoms. The monoisotopic (exact) mass is 419 g/mol. The van der Waals surface area contributed by atoms with Crippen LogP contribution >= 0.6 is 11.3 Å². The van der Waals surface area contributed by atoms with Gasteiger partial charge in [-0.05, 0) is 55.6 Å². The van der Waals surface area contributed by atoms with Crippen molar-refractivity contribution in [3.8, 4) is 10.4 Å². The zero-order valence-electron chi connectivity index (χ0n) is 16.8. The minimum Gasteiger partial charge on any atom is -0.337 e. The summed E-state index contributed by atoms with van der Waals surface area (Å²) in [4.78, 5) is 16.0. The number of fused-ring (bicyclic) bond motifs is 2. The van der Waals surface area contributed by atoms with E-state index < -0.39 is 0 Å². The minimum atomic E-state index is -0.169. The third kappa shape index (κ3) is 4.04. The zero-order chi connectivity index (χ0) is 20.3. The molecule has 154 valence electrons. The highest BCUT2D eigenvalue weighted by Gasteiger charge is 2.13. The molecule has 2 aromatic heterocycles. The second kappa shape index (κ2) is 8.45. The van der Waals surface area contributed by atoms with Gasteiger partial charge in [-0.15, -0.1) is 11.3 Å². The van der Waals surface area contributed by atoms with Crippen LogP contribution in [-0.4, -0.2) is 47.3 Å². The van der Waals surface area contributed by atoms with Crippen molar-refractivity contribution in [2.75, 3.05) is 31.5 Å². The van der Waals surface area contributed by atoms with Gasteiger partial charge in [0, 0.05) is 39.3 Å². The number of carbonyl (C=O) groups is 1. The molecule has 6 nitrogen and oxygen atoms in total. The molecule has 3 heterocycles. The van der Waals surface area contributed by atoms with E-state index in [9.17, 15) is 4.79 Å². The van der Waals surface area contributed by atoms with Gasteiger partial charge in [0.1, 0.15) is 0 Å². The Kier molecular flexibility index (Phi) is 5.38. The van der Waals surface area contributed by atoms with E-state index >= 15 is 0 Å². The number of anilines is 1. The maximum absolute atomic E-state index is 12.5. The Hall–Kier alpha value is -2.90. The highest BCUT2D eigenvalue weighted by atomic mass is 32.1. The van der Waals surface area contributed by atoms with Crippen molar-refractivity contribution >= 4 is 44.0 Å². The summed E-state index contributed by atoms with van der Waals surface area (Å²) in [6, 6.07) is 14.4. The molecule has 1 aliphatic rings. The van der Waals surface area contributed by atoms with Crippen molar-refractivity contribution in [3.63, 3.8) is 0 Å². The Bertz CT molecular complexity index is 1140. The first-order valence-corrected chi connectivity index (χ1v) is 11.3. The van der Waals surface area contributed by atoms with E-state index in [-0.39, 0.29) is 6.03 Å². The lowest BCUT2D eigenvalue weighted by Gasteiger charge is -2.26. The van der Waals surface area contributed by atoms with Crippen molar-refractivity contribution in [2.45, 2.75) is 19.3 Å². The van der Waals surface area contributed by atoms with Gasteiger partial charge in [-0.3, -0.25) is 5.10 Å². The van der Waals surface area contributed by atoms with Crippen LogP contribution in [0.3, 0.4) is 0 Å². The summed E-state index contributed by atoms with van der Waals surface area (Å²) in [6.45, 7) is 3.84. The van der Waals surface area contributed by atoms with E-state index in [1.165, 1.54) is 29.3 Å². The van der Waals surface area contributed by atoms with Gasteiger partial charge in [0.05, 0.1) is 11.7 Å². The number of nitrogens with zero attached hydrogens (tertiary/aromatic N) is 2. The SMILES string of the molecule is O=C(NCCN1CCCCC1)Nc1cc(-c2cc3ccccc3s2)c2[nH]ncc2c1. The molecule has 0 saturated carbocycles. The Morgan fingerprint density at radius 2 is 1.97 bits per heavy atom. The average molecular weight is 420 g/mol. The summed E-state index contributed by atoms with van der Waals surface area (Å²) in [7, 11) is 0. The largest absolute Gasteiger partial charge is 0.337 e. The van der Waals surface area contributed by atoms with Gasteiger partial charge in [-0.1, -0.05) is 24.6 Å². The normalized spacial score (nSPS) is 14.9. The Labute approximate surface area is 179 Å². The van der Waals surface area contributed by atoms with Crippen molar-refractivity contribution in [1.29, 1.82) is 0 Å². The lowest BCUT2D eigenvalue weighted by Crippen LogP contribution is -2.39. The maximum Gasteiger partial charge on any atom is 0.319 e. The predicted molar refractivity (Wildman–Crippen MR) is 124 cm³/mol. The fraction of sp³-hybridized carbons (Fsp3) is 0.304. The number of likely N-dealkylation sites (tertiary alicyclic amines) is 1. The summed E-state index contributed by atoms with van der Waals surface area (Å²) in [5, 5.41) is 15.5. The highest BCUT2D eigenvalue weighted by Crippen LogP contribution is 2.38. The predicted octanol–water partition coefficient (Wildman–Crippen LogP) is 5.05. The second-order valence-electron chi connectivity index (χ2n) is 7.79. The highest BCUT2D eigenvalue weighted by molar-refractivity contribution is 7.22. The van der Waals surface area contributed by atoms with Gasteiger partial charge >= 0.3 is 6.03 Å². The van der Waals surface area contributed by atoms with Crippen molar-refractivity contribution in [2.24, 2.45) is 0 Å². The number of H-pyrrole nitrogens is 1. The summed E-state index contributed by atoms with van der Waals surface area (Å²) in [6.07, 6.45) is 5.64. The van der Waals surface area contributed by atoms with Crippen LogP contribution in [0, 0.1) is 0 Å². The third-order valence-corrected chi connectivity index (χ3v) is 6.81. The molecule has 1 saturated heterocycles. The molecule has 4 aromatic rings. The maximum atomic E-state index is 12.5. The van der Waals surface area contributed by atoms with Gasteiger partial charge < -0.3 is 15.5 Å². The molecule has 1 fully saturated rings. The van der Waals surface area contributed by atoms with Crippen LogP contribution in [0.15, 0.2) is 48.7 Å². The number of thiophene rings is 1. The first-order chi connectivity index (χ1) is 14.8. The number of carbonyl (C=O) groups excluding carboxylic acids is 1. The molecular formula is C23H25N5OS. The molecule has 2 amide bonds. The first kappa shape index (κ1) is 19.1. The number of benzene rings is 2. The Balaban J connectivity index is 1.33. The van der Waals surface area contributed by atoms with E-state index in [2.05, 4.69) is 56.1 Å². The number of aromatic nitrogens is 2. The number of piperidine rings is 1. The first-order valence-electron chi connectivity index (χ1n) is 10.5. The molecule has 0 spiro atoms. The van der Waals surface area contributed by atoms with E-state index in [0.29, 0.717) is 6.54 Å². The average Bonchev–Trinajstić information content (AvgIpc) is 3.40. The Morgan fingerprint density at radius 1 is 1.10 bits per heavy atom. The van der Waals surface area contributed by atoms with Crippen LogP contribution < -0.4 is 10.6 Å². The molecule has 0 aliphatic carbocycles. The van der Waals surface area contributed by atoms with E-state index in [4.69, 9.17) is 0 Å². The van der Waals surface area contributed by atoms with Crippen LogP contribution in [0.4, 0.5) is 10.5 Å². The smallest absolute Gasteiger partial charge is 0.319 e. The quantitative estimate of drug-likeness (QED) is 0.424. The minimum absolute atomic E-state index is 0.169. The lowest BCUT2D eigenvalue weighted by atomic mass is 10.1. The van der Waals surface area contributed by atoms with Gasteiger partial charge in [0.15, 0.2) is 0 Å². The summed E-state index contributed by atoms with van der Waals surface area (Å²) >= 11 is 1.74. The number of aromatic amines is 1. The summed E-state index contributed by atoms with van der Waals surface area (Å²) in [5.74, 6) is 0. The molecule has 3 N–H and O–H groups in total. The topological polar surface area (TPSA) is 73.1 Å². The van der Waals surface area contributed by atoms with Gasteiger partial charge in [0.25, 0.3) is 0 Å². The number of hydrogen-bond acceptors (Lipinski definition) is 4. The zero-order valence-corrected chi connectivity index (χ0v) is 17.6. The van der Waals surface area contributed by atoms with Crippen LogP contribution in [0.1, 0.15) is 19.3 Å².